The van der Waals surface area contributed by atoms with Crippen molar-refractivity contribution in [3.63, 3.8) is 0 Å². The van der Waals surface area contributed by atoms with Gasteiger partial charge in [0.25, 0.3) is 0 Å². The molecule has 0 bridgehead atoms. The van der Waals surface area contributed by atoms with Crippen LogP contribution in [0.25, 0.3) is 0 Å². The van der Waals surface area contributed by atoms with E-state index in [1.807, 2.05) is 30.3 Å². The highest BCUT2D eigenvalue weighted by molar-refractivity contribution is 6.37. The third-order valence-electron chi connectivity index (χ3n) is 5.88. The van der Waals surface area contributed by atoms with Gasteiger partial charge in [0.2, 0.25) is 6.79 Å². The zero-order valence-corrected chi connectivity index (χ0v) is 22.3. The number of hydrogen-bond donors (Lipinski definition) is 3. The second-order valence-corrected chi connectivity index (χ2v) is 9.15. The lowest BCUT2D eigenvalue weighted by atomic mass is 10.0. The zero-order valence-electron chi connectivity index (χ0n) is 21.5. The molecule has 4 rings (SSSR count). The second-order valence-electron chi connectivity index (χ2n) is 8.74. The number of aryl methyl sites for hydroxylation is 1. The zero-order chi connectivity index (χ0) is 27.8. The number of esters is 1. The molecule has 0 spiro atoms. The van der Waals surface area contributed by atoms with E-state index in [0.29, 0.717) is 47.0 Å². The van der Waals surface area contributed by atoms with Gasteiger partial charge in [-0.1, -0.05) is 41.9 Å². The summed E-state index contributed by atoms with van der Waals surface area (Å²) in [4.78, 5) is 23.6. The lowest BCUT2D eigenvalue weighted by Gasteiger charge is -2.20. The Morgan fingerprint density at radius 3 is 2.62 bits per heavy atom. The third kappa shape index (κ3) is 7.43. The molecule has 0 aliphatic carbocycles. The molecule has 0 aromatic heterocycles. The molecule has 39 heavy (non-hydrogen) atoms. The Hall–Kier alpha value is -4.21. The number of ether oxygens (including phenoxy) is 4. The molecule has 204 valence electrons. The molecule has 0 fully saturated rings. The fourth-order valence-electron chi connectivity index (χ4n) is 3.99. The van der Waals surface area contributed by atoms with E-state index >= 15 is 0 Å². The van der Waals surface area contributed by atoms with Crippen molar-refractivity contribution in [3.8, 4) is 17.2 Å². The van der Waals surface area contributed by atoms with E-state index in [0.717, 1.165) is 5.56 Å². The summed E-state index contributed by atoms with van der Waals surface area (Å²) in [6.45, 7) is 3.96. The van der Waals surface area contributed by atoms with Gasteiger partial charge < -0.3 is 34.7 Å². The number of nitrogens with one attached hydrogen (secondary N) is 2. The maximum atomic E-state index is 12.0. The predicted octanol–water partition coefficient (Wildman–Crippen LogP) is 5.19. The lowest BCUT2D eigenvalue weighted by molar-refractivity contribution is -0.152. The van der Waals surface area contributed by atoms with Gasteiger partial charge in [-0.25, -0.2) is 4.79 Å². The van der Waals surface area contributed by atoms with Crippen LogP contribution in [0.15, 0.2) is 72.7 Å². The minimum atomic E-state index is -0.980. The Morgan fingerprint density at radius 1 is 1.13 bits per heavy atom. The van der Waals surface area contributed by atoms with Crippen molar-refractivity contribution in [1.29, 1.82) is 0 Å². The molecular formula is C29H29ClN2O7. The summed E-state index contributed by atoms with van der Waals surface area (Å²) in [5, 5.41) is 16.6. The van der Waals surface area contributed by atoms with Crippen molar-refractivity contribution in [1.82, 2.24) is 5.32 Å². The van der Waals surface area contributed by atoms with Gasteiger partial charge >= 0.3 is 11.9 Å². The Bertz CT molecular complexity index is 1340. The summed E-state index contributed by atoms with van der Waals surface area (Å²) in [7, 11) is 0. The first-order valence-corrected chi connectivity index (χ1v) is 12.7. The number of amides is 1. The number of halogens is 1. The smallest absolute Gasteiger partial charge is 0.397 e. The van der Waals surface area contributed by atoms with E-state index in [2.05, 4.69) is 10.6 Å². The molecule has 0 radical (unpaired) electrons. The summed E-state index contributed by atoms with van der Waals surface area (Å²) in [6.07, 6.45) is 2.27. The van der Waals surface area contributed by atoms with Crippen LogP contribution in [0.3, 0.4) is 0 Å². The minimum Gasteiger partial charge on any atom is -0.508 e. The number of phenols is 1. The van der Waals surface area contributed by atoms with Gasteiger partial charge in [0.15, 0.2) is 5.76 Å². The maximum Gasteiger partial charge on any atom is 0.397 e. The molecule has 1 atom stereocenters. The average molecular weight is 553 g/mol. The van der Waals surface area contributed by atoms with Crippen LogP contribution in [-0.2, 0) is 36.8 Å². The van der Waals surface area contributed by atoms with Crippen LogP contribution < -0.4 is 15.4 Å². The number of rotatable bonds is 10. The predicted molar refractivity (Wildman–Crippen MR) is 146 cm³/mol. The van der Waals surface area contributed by atoms with E-state index in [-0.39, 0.29) is 30.2 Å². The summed E-state index contributed by atoms with van der Waals surface area (Å²) in [5.41, 5.74) is 2.69. The highest BCUT2D eigenvalue weighted by Gasteiger charge is 2.21. The summed E-state index contributed by atoms with van der Waals surface area (Å²) >= 11 is 6.45. The van der Waals surface area contributed by atoms with Crippen LogP contribution in [-0.4, -0.2) is 36.4 Å². The highest BCUT2D eigenvalue weighted by atomic mass is 35.5. The van der Waals surface area contributed by atoms with E-state index in [1.54, 1.807) is 44.4 Å². The van der Waals surface area contributed by atoms with Crippen LogP contribution in [0.2, 0.25) is 5.02 Å². The maximum absolute atomic E-state index is 12.0. The first-order chi connectivity index (χ1) is 18.8. The number of anilines is 1. The van der Waals surface area contributed by atoms with Gasteiger partial charge in [0.1, 0.15) is 23.5 Å². The monoisotopic (exact) mass is 552 g/mol. The first-order valence-electron chi connectivity index (χ1n) is 12.3. The molecular weight excluding hydrogens is 524 g/mol. The molecule has 0 saturated heterocycles. The highest BCUT2D eigenvalue weighted by Crippen LogP contribution is 2.36. The van der Waals surface area contributed by atoms with E-state index in [4.69, 9.17) is 30.5 Å². The minimum absolute atomic E-state index is 0.0939. The van der Waals surface area contributed by atoms with Gasteiger partial charge in [-0.15, -0.1) is 0 Å². The summed E-state index contributed by atoms with van der Waals surface area (Å²) in [5.74, 6) is -0.260. The van der Waals surface area contributed by atoms with E-state index in [9.17, 15) is 14.7 Å². The van der Waals surface area contributed by atoms with Crippen LogP contribution in [0, 0.1) is 6.92 Å². The van der Waals surface area contributed by atoms with Crippen molar-refractivity contribution in [3.05, 3.63) is 94.4 Å². The largest absolute Gasteiger partial charge is 0.508 e. The Kier molecular flexibility index (Phi) is 9.30. The van der Waals surface area contributed by atoms with E-state index in [1.165, 1.54) is 6.07 Å². The van der Waals surface area contributed by atoms with Crippen LogP contribution in [0.5, 0.6) is 17.2 Å². The molecule has 1 heterocycles. The van der Waals surface area contributed by atoms with Gasteiger partial charge in [0.05, 0.1) is 17.7 Å². The van der Waals surface area contributed by atoms with Crippen LogP contribution in [0.1, 0.15) is 23.6 Å². The first kappa shape index (κ1) is 27.8. The number of carbonyl (C=O) groups excluding carboxylic acids is 2. The summed E-state index contributed by atoms with van der Waals surface area (Å²) in [6, 6.07) is 17.8. The molecule has 3 aromatic rings. The normalized spacial score (nSPS) is 13.1. The van der Waals surface area contributed by atoms with Gasteiger partial charge in [-0.05, 0) is 61.7 Å². The van der Waals surface area contributed by atoms with Crippen LogP contribution in [0.4, 0.5) is 5.69 Å². The second kappa shape index (κ2) is 13.0. The van der Waals surface area contributed by atoms with Gasteiger partial charge in [-0.3, -0.25) is 4.79 Å². The summed E-state index contributed by atoms with van der Waals surface area (Å²) < 4.78 is 21.6. The average Bonchev–Trinajstić information content (AvgIpc) is 3.46. The van der Waals surface area contributed by atoms with Crippen molar-refractivity contribution in [2.24, 2.45) is 0 Å². The Morgan fingerprint density at radius 2 is 1.92 bits per heavy atom. The molecule has 9 nitrogen and oxygen atoms in total. The molecule has 3 N–H and O–H groups in total. The fraction of sp³-hybridized carbons (Fsp3) is 0.241. The SMILES string of the molecule is CCOC(=O)C(=O)Nc1cc(C)c(Oc2ccc(O)c(CNC(Cc3ccccc3)C3=COCO3)c2)c(Cl)c1. The fourth-order valence-corrected chi connectivity index (χ4v) is 4.29. The standard InChI is InChI=1S/C29H29ClN2O7/c1-3-37-29(35)28(34)32-21-11-18(2)27(23(30)14-21)39-22-9-10-25(33)20(13-22)15-31-24(26-16-36-17-38-26)12-19-7-5-4-6-8-19/h4-11,13-14,16,24,31,33H,3,12,15,17H2,1-2H3,(H,32,34). The van der Waals surface area contributed by atoms with Crippen molar-refractivity contribution < 1.29 is 33.6 Å². The molecule has 0 saturated carbocycles. The number of phenolic OH excluding ortho intramolecular Hbond substituents is 1. The Balaban J connectivity index is 1.46. The molecule has 1 amide bonds. The molecule has 1 unspecified atom stereocenters. The molecule has 1 aliphatic heterocycles. The van der Waals surface area contributed by atoms with Gasteiger partial charge in [-0.2, -0.15) is 0 Å². The third-order valence-corrected chi connectivity index (χ3v) is 6.16. The lowest BCUT2D eigenvalue weighted by Crippen LogP contribution is -2.33. The molecule has 10 heteroatoms. The van der Waals surface area contributed by atoms with Crippen molar-refractivity contribution in [2.45, 2.75) is 32.9 Å². The number of carbonyl (C=O) groups is 2. The van der Waals surface area contributed by atoms with Crippen molar-refractivity contribution >= 4 is 29.2 Å². The Labute approximate surface area is 231 Å². The van der Waals surface area contributed by atoms with Crippen LogP contribution >= 0.6 is 11.6 Å². The quantitative estimate of drug-likeness (QED) is 0.232. The van der Waals surface area contributed by atoms with Gasteiger partial charge in [0, 0.05) is 17.8 Å². The molecule has 1 aliphatic rings. The van der Waals surface area contributed by atoms with E-state index < -0.39 is 11.9 Å². The topological polar surface area (TPSA) is 115 Å². The number of aromatic hydroxyl groups is 1. The molecule has 3 aromatic carbocycles. The van der Waals surface area contributed by atoms with Crippen molar-refractivity contribution in [2.75, 3.05) is 18.7 Å². The number of benzene rings is 3. The number of hydrogen-bond acceptors (Lipinski definition) is 8.